The largest absolute Gasteiger partial charge is 0.493 e. The fourth-order valence-electron chi connectivity index (χ4n) is 4.86. The van der Waals surface area contributed by atoms with Gasteiger partial charge in [-0.2, -0.15) is 0 Å². The minimum absolute atomic E-state index is 0.0519. The van der Waals surface area contributed by atoms with Gasteiger partial charge in [0.1, 0.15) is 0 Å². The van der Waals surface area contributed by atoms with Gasteiger partial charge in [-0.05, 0) is 65.9 Å². The van der Waals surface area contributed by atoms with Gasteiger partial charge >= 0.3 is 0 Å². The standard InChI is InChI=1S/C26H25ClN2O4S/c1-32-24-13-10-16(14-25(24)33-2)26-19-7-5-6-18(19)20-15-17(11-12-22(20)28-26)34(30,31)29-23-9-4-3-8-21(23)27/h3-6,8-15,18-19,26,28-29H,7H2,1-2H3/t18-,19+,26+/m0/s1. The number of halogens is 1. The highest BCUT2D eigenvalue weighted by Crippen LogP contribution is 2.51. The SMILES string of the molecule is COc1ccc([C@H]2Nc3ccc(S(=O)(=O)Nc4ccccc4Cl)cc3[C@H]3C=CC[C@H]32)cc1OC. The number of anilines is 2. The summed E-state index contributed by atoms with van der Waals surface area (Å²) in [5, 5.41) is 3.99. The van der Waals surface area contributed by atoms with E-state index in [1.807, 2.05) is 24.3 Å². The summed E-state index contributed by atoms with van der Waals surface area (Å²) >= 11 is 6.16. The Labute approximate surface area is 204 Å². The van der Waals surface area contributed by atoms with E-state index < -0.39 is 10.0 Å². The van der Waals surface area contributed by atoms with Crippen molar-refractivity contribution in [3.8, 4) is 11.5 Å². The molecular weight excluding hydrogens is 472 g/mol. The zero-order chi connectivity index (χ0) is 23.9. The van der Waals surface area contributed by atoms with Gasteiger partial charge in [-0.3, -0.25) is 4.72 Å². The van der Waals surface area contributed by atoms with Crippen LogP contribution in [0.2, 0.25) is 5.02 Å². The first-order chi connectivity index (χ1) is 16.4. The van der Waals surface area contributed by atoms with Crippen LogP contribution in [0.25, 0.3) is 0 Å². The molecule has 176 valence electrons. The summed E-state index contributed by atoms with van der Waals surface area (Å²) in [7, 11) is -0.548. The Morgan fingerprint density at radius 1 is 1.00 bits per heavy atom. The molecule has 3 aromatic carbocycles. The van der Waals surface area contributed by atoms with E-state index in [4.69, 9.17) is 21.1 Å². The maximum absolute atomic E-state index is 13.1. The van der Waals surface area contributed by atoms with Gasteiger partial charge in [0, 0.05) is 11.6 Å². The van der Waals surface area contributed by atoms with Crippen molar-refractivity contribution in [2.75, 3.05) is 24.3 Å². The minimum atomic E-state index is -3.80. The summed E-state index contributed by atoms with van der Waals surface area (Å²) in [5.74, 6) is 1.72. The van der Waals surface area contributed by atoms with E-state index in [9.17, 15) is 8.42 Å². The number of sulfonamides is 1. The van der Waals surface area contributed by atoms with Gasteiger partial charge in [-0.15, -0.1) is 0 Å². The number of methoxy groups -OCH3 is 2. The predicted octanol–water partition coefficient (Wildman–Crippen LogP) is 5.98. The second-order valence-corrected chi connectivity index (χ2v) is 10.5. The normalized spacial score (nSPS) is 20.7. The smallest absolute Gasteiger partial charge is 0.261 e. The number of fused-ring (bicyclic) bond motifs is 3. The summed E-state index contributed by atoms with van der Waals surface area (Å²) in [5.41, 5.74) is 3.34. The summed E-state index contributed by atoms with van der Waals surface area (Å²) in [6, 6.07) is 18.0. The molecule has 0 amide bonds. The molecule has 2 aliphatic rings. The molecule has 1 aliphatic carbocycles. The molecule has 0 unspecified atom stereocenters. The van der Waals surface area contributed by atoms with Crippen LogP contribution >= 0.6 is 11.6 Å². The van der Waals surface area contributed by atoms with Crippen LogP contribution in [0.5, 0.6) is 11.5 Å². The Hall–Kier alpha value is -3.16. The molecule has 0 fully saturated rings. The monoisotopic (exact) mass is 496 g/mol. The molecule has 6 nitrogen and oxygen atoms in total. The van der Waals surface area contributed by atoms with Crippen LogP contribution in [0.4, 0.5) is 11.4 Å². The first-order valence-electron chi connectivity index (χ1n) is 11.0. The first kappa shape index (κ1) is 22.6. The zero-order valence-electron chi connectivity index (χ0n) is 18.8. The average molecular weight is 497 g/mol. The number of nitrogens with one attached hydrogen (secondary N) is 2. The number of hydrogen-bond donors (Lipinski definition) is 2. The topological polar surface area (TPSA) is 76.7 Å². The molecule has 0 aromatic heterocycles. The van der Waals surface area contributed by atoms with E-state index in [0.717, 1.165) is 23.2 Å². The molecule has 34 heavy (non-hydrogen) atoms. The molecule has 3 atom stereocenters. The second-order valence-electron chi connectivity index (χ2n) is 8.42. The van der Waals surface area contributed by atoms with Gasteiger partial charge in [-0.1, -0.05) is 42.0 Å². The van der Waals surface area contributed by atoms with Gasteiger partial charge in [0.05, 0.1) is 35.9 Å². The Morgan fingerprint density at radius 2 is 1.79 bits per heavy atom. The Kier molecular flexibility index (Phi) is 5.91. The van der Waals surface area contributed by atoms with Gasteiger partial charge < -0.3 is 14.8 Å². The van der Waals surface area contributed by atoms with E-state index in [0.29, 0.717) is 22.2 Å². The Morgan fingerprint density at radius 3 is 2.56 bits per heavy atom. The van der Waals surface area contributed by atoms with Crippen LogP contribution in [0.15, 0.2) is 77.7 Å². The van der Waals surface area contributed by atoms with Crippen LogP contribution in [0.3, 0.4) is 0 Å². The summed E-state index contributed by atoms with van der Waals surface area (Å²) in [6.07, 6.45) is 5.24. The number of hydrogen-bond acceptors (Lipinski definition) is 5. The fraction of sp³-hybridized carbons (Fsp3) is 0.231. The van der Waals surface area contributed by atoms with E-state index >= 15 is 0 Å². The van der Waals surface area contributed by atoms with Crippen molar-refractivity contribution in [3.05, 3.63) is 89.0 Å². The highest BCUT2D eigenvalue weighted by molar-refractivity contribution is 7.92. The number of para-hydroxylation sites is 1. The van der Waals surface area contributed by atoms with Crippen LogP contribution in [-0.2, 0) is 10.0 Å². The third-order valence-corrected chi connectivity index (χ3v) is 8.22. The molecule has 8 heteroatoms. The lowest BCUT2D eigenvalue weighted by Crippen LogP contribution is -2.29. The molecule has 5 rings (SSSR count). The molecule has 0 radical (unpaired) electrons. The van der Waals surface area contributed by atoms with Crippen molar-refractivity contribution in [1.82, 2.24) is 0 Å². The number of ether oxygens (including phenoxy) is 2. The van der Waals surface area contributed by atoms with Crippen molar-refractivity contribution in [2.24, 2.45) is 5.92 Å². The second kappa shape index (κ2) is 8.89. The Bertz CT molecular complexity index is 1370. The van der Waals surface area contributed by atoms with Crippen LogP contribution in [-0.4, -0.2) is 22.6 Å². The molecule has 1 heterocycles. The Balaban J connectivity index is 1.49. The quantitative estimate of drug-likeness (QED) is 0.410. The van der Waals surface area contributed by atoms with Gasteiger partial charge in [0.15, 0.2) is 11.5 Å². The van der Waals surface area contributed by atoms with E-state index in [2.05, 4.69) is 22.2 Å². The van der Waals surface area contributed by atoms with Gasteiger partial charge in [0.2, 0.25) is 0 Å². The third-order valence-electron chi connectivity index (χ3n) is 6.53. The lowest BCUT2D eigenvalue weighted by Gasteiger charge is -2.38. The van der Waals surface area contributed by atoms with E-state index in [1.54, 1.807) is 50.6 Å². The highest BCUT2D eigenvalue weighted by atomic mass is 35.5. The van der Waals surface area contributed by atoms with Crippen molar-refractivity contribution >= 4 is 33.0 Å². The molecule has 3 aromatic rings. The molecule has 1 aliphatic heterocycles. The lowest BCUT2D eigenvalue weighted by atomic mass is 9.77. The molecule has 0 saturated heterocycles. The predicted molar refractivity (Wildman–Crippen MR) is 135 cm³/mol. The van der Waals surface area contributed by atoms with E-state index in [-0.39, 0.29) is 22.8 Å². The van der Waals surface area contributed by atoms with Crippen molar-refractivity contribution in [1.29, 1.82) is 0 Å². The van der Waals surface area contributed by atoms with E-state index in [1.165, 1.54) is 0 Å². The van der Waals surface area contributed by atoms with Crippen molar-refractivity contribution in [2.45, 2.75) is 23.3 Å². The zero-order valence-corrected chi connectivity index (χ0v) is 20.4. The fourth-order valence-corrected chi connectivity index (χ4v) is 6.22. The summed E-state index contributed by atoms with van der Waals surface area (Å²) in [6.45, 7) is 0. The van der Waals surface area contributed by atoms with Gasteiger partial charge in [-0.25, -0.2) is 8.42 Å². The number of rotatable bonds is 6. The third kappa shape index (κ3) is 3.99. The first-order valence-corrected chi connectivity index (χ1v) is 12.8. The molecular formula is C26H25ClN2O4S. The highest BCUT2D eigenvalue weighted by Gasteiger charge is 2.38. The maximum atomic E-state index is 13.1. The maximum Gasteiger partial charge on any atom is 0.261 e. The number of allylic oxidation sites excluding steroid dienone is 2. The van der Waals surface area contributed by atoms with Gasteiger partial charge in [0.25, 0.3) is 10.0 Å². The van der Waals surface area contributed by atoms with Crippen LogP contribution in [0, 0.1) is 5.92 Å². The van der Waals surface area contributed by atoms with Crippen molar-refractivity contribution in [3.63, 3.8) is 0 Å². The summed E-state index contributed by atoms with van der Waals surface area (Å²) in [4.78, 5) is 0.205. The molecule has 0 spiro atoms. The molecule has 2 N–H and O–H groups in total. The molecule has 0 saturated carbocycles. The number of benzene rings is 3. The van der Waals surface area contributed by atoms with Crippen LogP contribution < -0.4 is 19.5 Å². The van der Waals surface area contributed by atoms with Crippen molar-refractivity contribution < 1.29 is 17.9 Å². The average Bonchev–Trinajstić information content (AvgIpc) is 3.34. The molecule has 0 bridgehead atoms. The summed E-state index contributed by atoms with van der Waals surface area (Å²) < 4.78 is 39.7. The van der Waals surface area contributed by atoms with Crippen LogP contribution in [0.1, 0.15) is 29.5 Å². The minimum Gasteiger partial charge on any atom is -0.493 e. The lowest BCUT2D eigenvalue weighted by molar-refractivity contribution is 0.353.